The lowest BCUT2D eigenvalue weighted by Gasteiger charge is -2.10. The topological polar surface area (TPSA) is 58.2 Å². The zero-order valence-corrected chi connectivity index (χ0v) is 12.3. The highest BCUT2D eigenvalue weighted by Crippen LogP contribution is 2.16. The second-order valence-electron chi connectivity index (χ2n) is 4.40. The Balaban J connectivity index is 2.07. The lowest BCUT2D eigenvalue weighted by Crippen LogP contribution is -2.25. The fourth-order valence-corrected chi connectivity index (χ4v) is 2.49. The summed E-state index contributed by atoms with van der Waals surface area (Å²) in [7, 11) is 0. The van der Waals surface area contributed by atoms with E-state index in [0.29, 0.717) is 24.2 Å². The summed E-state index contributed by atoms with van der Waals surface area (Å²) in [5.74, 6) is -0.376. The van der Waals surface area contributed by atoms with Crippen molar-refractivity contribution in [3.8, 4) is 0 Å². The van der Waals surface area contributed by atoms with E-state index in [9.17, 15) is 9.59 Å². The first-order chi connectivity index (χ1) is 10.2. The van der Waals surface area contributed by atoms with Gasteiger partial charge in [-0.2, -0.15) is 11.3 Å². The Labute approximate surface area is 127 Å². The number of thiophene rings is 1. The third-order valence-electron chi connectivity index (χ3n) is 2.80. The van der Waals surface area contributed by atoms with Gasteiger partial charge in [-0.3, -0.25) is 9.59 Å². The van der Waals surface area contributed by atoms with Crippen LogP contribution in [0, 0.1) is 0 Å². The molecule has 2 aromatic rings. The molecule has 2 amide bonds. The number of amides is 2. The number of para-hydroxylation sites is 1. The summed E-state index contributed by atoms with van der Waals surface area (Å²) >= 11 is 1.55. The van der Waals surface area contributed by atoms with Crippen LogP contribution in [0.3, 0.4) is 0 Å². The van der Waals surface area contributed by atoms with Crippen LogP contribution in [-0.2, 0) is 11.2 Å². The SMILES string of the molecule is C=CCNC(=O)c1ccccc1NC(=O)Cc1ccsc1. The highest BCUT2D eigenvalue weighted by molar-refractivity contribution is 7.08. The summed E-state index contributed by atoms with van der Waals surface area (Å²) in [4.78, 5) is 24.0. The molecule has 2 rings (SSSR count). The Morgan fingerprint density at radius 2 is 2.05 bits per heavy atom. The fraction of sp³-hybridized carbons (Fsp3) is 0.125. The van der Waals surface area contributed by atoms with E-state index < -0.39 is 0 Å². The largest absolute Gasteiger partial charge is 0.349 e. The molecule has 0 aliphatic rings. The van der Waals surface area contributed by atoms with Crippen LogP contribution in [0.15, 0.2) is 53.7 Å². The maximum absolute atomic E-state index is 12.0. The zero-order chi connectivity index (χ0) is 15.1. The molecule has 0 unspecified atom stereocenters. The third-order valence-corrected chi connectivity index (χ3v) is 3.53. The molecule has 0 aliphatic carbocycles. The van der Waals surface area contributed by atoms with Crippen LogP contribution < -0.4 is 10.6 Å². The van der Waals surface area contributed by atoms with Crippen LogP contribution in [0.1, 0.15) is 15.9 Å². The van der Waals surface area contributed by atoms with Crippen LogP contribution in [-0.4, -0.2) is 18.4 Å². The van der Waals surface area contributed by atoms with Gasteiger partial charge in [0.15, 0.2) is 0 Å². The van der Waals surface area contributed by atoms with Gasteiger partial charge in [0.1, 0.15) is 0 Å². The van der Waals surface area contributed by atoms with Crippen molar-refractivity contribution >= 4 is 28.8 Å². The second-order valence-corrected chi connectivity index (χ2v) is 5.18. The molecule has 0 bridgehead atoms. The molecule has 1 aromatic heterocycles. The number of anilines is 1. The van der Waals surface area contributed by atoms with E-state index in [-0.39, 0.29) is 11.8 Å². The summed E-state index contributed by atoms with van der Waals surface area (Å²) in [6.45, 7) is 3.94. The van der Waals surface area contributed by atoms with E-state index in [0.717, 1.165) is 5.56 Å². The standard InChI is InChI=1S/C16H16N2O2S/c1-2-8-17-16(20)13-5-3-4-6-14(13)18-15(19)10-12-7-9-21-11-12/h2-7,9,11H,1,8,10H2,(H,17,20)(H,18,19). The minimum atomic E-state index is -0.235. The summed E-state index contributed by atoms with van der Waals surface area (Å²) in [5, 5.41) is 9.35. The Kier molecular flexibility index (Phi) is 5.29. The van der Waals surface area contributed by atoms with E-state index in [1.165, 1.54) is 0 Å². The molecule has 1 heterocycles. The van der Waals surface area contributed by atoms with Gasteiger partial charge in [0.2, 0.25) is 5.91 Å². The van der Waals surface area contributed by atoms with E-state index in [4.69, 9.17) is 0 Å². The first kappa shape index (κ1) is 15.0. The van der Waals surface area contributed by atoms with E-state index in [1.54, 1.807) is 41.7 Å². The maximum Gasteiger partial charge on any atom is 0.253 e. The molecule has 2 N–H and O–H groups in total. The van der Waals surface area contributed by atoms with Crippen molar-refractivity contribution in [2.24, 2.45) is 0 Å². The molecule has 0 fully saturated rings. The van der Waals surface area contributed by atoms with Crippen LogP contribution in [0.2, 0.25) is 0 Å². The molecule has 5 heteroatoms. The molecular formula is C16H16N2O2S. The zero-order valence-electron chi connectivity index (χ0n) is 11.5. The Morgan fingerprint density at radius 1 is 1.24 bits per heavy atom. The summed E-state index contributed by atoms with van der Waals surface area (Å²) < 4.78 is 0. The van der Waals surface area contributed by atoms with Gasteiger partial charge >= 0.3 is 0 Å². The van der Waals surface area contributed by atoms with Crippen molar-refractivity contribution < 1.29 is 9.59 Å². The number of rotatable bonds is 6. The monoisotopic (exact) mass is 300 g/mol. The van der Waals surface area contributed by atoms with Crippen LogP contribution in [0.4, 0.5) is 5.69 Å². The van der Waals surface area contributed by atoms with Gasteiger partial charge < -0.3 is 10.6 Å². The molecule has 0 atom stereocenters. The average Bonchev–Trinajstić information content (AvgIpc) is 2.98. The fourth-order valence-electron chi connectivity index (χ4n) is 1.82. The number of hydrogen-bond donors (Lipinski definition) is 2. The van der Waals surface area contributed by atoms with Crippen molar-refractivity contribution in [2.75, 3.05) is 11.9 Å². The van der Waals surface area contributed by atoms with Crippen LogP contribution >= 0.6 is 11.3 Å². The molecule has 0 spiro atoms. The summed E-state index contributed by atoms with van der Waals surface area (Å²) in [6.07, 6.45) is 1.90. The van der Waals surface area contributed by atoms with Gasteiger partial charge in [-0.25, -0.2) is 0 Å². The smallest absolute Gasteiger partial charge is 0.253 e. The molecule has 0 aliphatic heterocycles. The number of hydrogen-bond acceptors (Lipinski definition) is 3. The van der Waals surface area contributed by atoms with Crippen LogP contribution in [0.25, 0.3) is 0 Å². The minimum Gasteiger partial charge on any atom is -0.349 e. The van der Waals surface area contributed by atoms with Gasteiger partial charge in [-0.15, -0.1) is 6.58 Å². The molecule has 0 saturated heterocycles. The van der Waals surface area contributed by atoms with E-state index in [2.05, 4.69) is 17.2 Å². The molecule has 4 nitrogen and oxygen atoms in total. The molecule has 1 aromatic carbocycles. The number of nitrogens with one attached hydrogen (secondary N) is 2. The van der Waals surface area contributed by atoms with Gasteiger partial charge in [0.25, 0.3) is 5.91 Å². The number of benzene rings is 1. The van der Waals surface area contributed by atoms with Gasteiger partial charge in [-0.1, -0.05) is 18.2 Å². The predicted octanol–water partition coefficient (Wildman–Crippen LogP) is 2.85. The van der Waals surface area contributed by atoms with Crippen molar-refractivity contribution in [1.82, 2.24) is 5.32 Å². The summed E-state index contributed by atoms with van der Waals surface area (Å²) in [5.41, 5.74) is 1.92. The quantitative estimate of drug-likeness (QED) is 0.806. The second kappa shape index (κ2) is 7.40. The van der Waals surface area contributed by atoms with Gasteiger partial charge in [-0.05, 0) is 34.5 Å². The maximum atomic E-state index is 12.0. The molecule has 21 heavy (non-hydrogen) atoms. The first-order valence-electron chi connectivity index (χ1n) is 6.49. The molecule has 0 saturated carbocycles. The number of carbonyl (C=O) groups excluding carboxylic acids is 2. The summed E-state index contributed by atoms with van der Waals surface area (Å²) in [6, 6.07) is 8.85. The lowest BCUT2D eigenvalue weighted by atomic mass is 10.1. The molecule has 0 radical (unpaired) electrons. The predicted molar refractivity (Wildman–Crippen MR) is 85.6 cm³/mol. The number of carbonyl (C=O) groups is 2. The average molecular weight is 300 g/mol. The van der Waals surface area contributed by atoms with Crippen molar-refractivity contribution in [3.05, 3.63) is 64.9 Å². The van der Waals surface area contributed by atoms with Crippen molar-refractivity contribution in [2.45, 2.75) is 6.42 Å². The van der Waals surface area contributed by atoms with Crippen LogP contribution in [0.5, 0.6) is 0 Å². The van der Waals surface area contributed by atoms with Gasteiger partial charge in [0.05, 0.1) is 17.7 Å². The lowest BCUT2D eigenvalue weighted by molar-refractivity contribution is -0.115. The Hall–Kier alpha value is -2.40. The van der Waals surface area contributed by atoms with Gasteiger partial charge in [0, 0.05) is 6.54 Å². The van der Waals surface area contributed by atoms with E-state index in [1.807, 2.05) is 16.8 Å². The highest BCUT2D eigenvalue weighted by atomic mass is 32.1. The first-order valence-corrected chi connectivity index (χ1v) is 7.44. The minimum absolute atomic E-state index is 0.141. The Morgan fingerprint density at radius 3 is 2.76 bits per heavy atom. The Bertz CT molecular complexity index is 635. The van der Waals surface area contributed by atoms with Crippen molar-refractivity contribution in [1.29, 1.82) is 0 Å². The molecular weight excluding hydrogens is 284 g/mol. The third kappa shape index (κ3) is 4.29. The molecule has 108 valence electrons. The normalized spacial score (nSPS) is 9.90. The van der Waals surface area contributed by atoms with Crippen molar-refractivity contribution in [3.63, 3.8) is 0 Å². The highest BCUT2D eigenvalue weighted by Gasteiger charge is 2.12. The van der Waals surface area contributed by atoms with E-state index >= 15 is 0 Å².